The highest BCUT2D eigenvalue weighted by Gasteiger charge is 2.38. The van der Waals surface area contributed by atoms with Crippen molar-refractivity contribution in [2.24, 2.45) is 0 Å². The fourth-order valence-corrected chi connectivity index (χ4v) is 4.25. The maximum Gasteiger partial charge on any atom is 0.258 e. The van der Waals surface area contributed by atoms with Gasteiger partial charge in [0.25, 0.3) is 5.91 Å². The molecule has 5 nitrogen and oxygen atoms in total. The molecule has 0 bridgehead atoms. The molecule has 5 heteroatoms. The van der Waals surface area contributed by atoms with E-state index in [1.807, 2.05) is 66.4 Å². The number of fused-ring (bicyclic) bond motifs is 1. The van der Waals surface area contributed by atoms with E-state index in [0.29, 0.717) is 12.0 Å². The molecule has 2 amide bonds. The van der Waals surface area contributed by atoms with Crippen LogP contribution in [0.4, 0.5) is 11.4 Å². The van der Waals surface area contributed by atoms with Crippen molar-refractivity contribution >= 4 is 23.2 Å². The Hall–Kier alpha value is -3.60. The lowest BCUT2D eigenvalue weighted by molar-refractivity contribution is -0.117. The molecule has 0 aliphatic carbocycles. The minimum absolute atomic E-state index is 0.0481. The average Bonchev–Trinajstić information content (AvgIpc) is 2.75. The maximum absolute atomic E-state index is 13.3. The Labute approximate surface area is 176 Å². The standard InChI is InChI=1S/C25H24N2O3/c1-17-16-24(27(18(2)28)20-12-14-21(29)15-13-20)22-10-6-7-11-23(22)26(17)25(30)19-8-4-3-5-9-19/h3-15,17,24,29H,16H2,1-2H3. The van der Waals surface area contributed by atoms with Gasteiger partial charge in [0.1, 0.15) is 5.75 Å². The van der Waals surface area contributed by atoms with Crippen LogP contribution in [0.15, 0.2) is 78.9 Å². The van der Waals surface area contributed by atoms with Crippen LogP contribution >= 0.6 is 0 Å². The van der Waals surface area contributed by atoms with Crippen molar-refractivity contribution in [1.82, 2.24) is 0 Å². The number of phenolic OH excluding ortho intramolecular Hbond substituents is 1. The van der Waals surface area contributed by atoms with Crippen LogP contribution in [0, 0.1) is 0 Å². The zero-order valence-corrected chi connectivity index (χ0v) is 17.0. The average molecular weight is 400 g/mol. The number of carbonyl (C=O) groups excluding carboxylic acids is 2. The van der Waals surface area contributed by atoms with Crippen LogP contribution in [0.3, 0.4) is 0 Å². The van der Waals surface area contributed by atoms with Gasteiger partial charge in [0.15, 0.2) is 0 Å². The van der Waals surface area contributed by atoms with Gasteiger partial charge < -0.3 is 14.9 Å². The van der Waals surface area contributed by atoms with E-state index < -0.39 is 0 Å². The van der Waals surface area contributed by atoms with E-state index in [2.05, 4.69) is 0 Å². The molecule has 0 spiro atoms. The largest absolute Gasteiger partial charge is 0.508 e. The van der Waals surface area contributed by atoms with E-state index in [1.165, 1.54) is 0 Å². The summed E-state index contributed by atoms with van der Waals surface area (Å²) in [5.74, 6) is 0.0165. The van der Waals surface area contributed by atoms with E-state index in [4.69, 9.17) is 0 Å². The van der Waals surface area contributed by atoms with Gasteiger partial charge >= 0.3 is 0 Å². The number of benzene rings is 3. The van der Waals surface area contributed by atoms with E-state index in [-0.39, 0.29) is 29.6 Å². The van der Waals surface area contributed by atoms with Crippen molar-refractivity contribution in [3.05, 3.63) is 90.0 Å². The highest BCUT2D eigenvalue weighted by molar-refractivity contribution is 6.07. The van der Waals surface area contributed by atoms with Crippen molar-refractivity contribution in [2.45, 2.75) is 32.4 Å². The predicted octanol–water partition coefficient (Wildman–Crippen LogP) is 4.93. The summed E-state index contributed by atoms with van der Waals surface area (Å²) >= 11 is 0. The molecule has 2 atom stereocenters. The minimum Gasteiger partial charge on any atom is -0.508 e. The first-order valence-electron chi connectivity index (χ1n) is 10.0. The van der Waals surface area contributed by atoms with Gasteiger partial charge in [-0.2, -0.15) is 0 Å². The zero-order valence-electron chi connectivity index (χ0n) is 17.0. The number of nitrogens with zero attached hydrogens (tertiary/aromatic N) is 2. The number of amides is 2. The van der Waals surface area contributed by atoms with Crippen LogP contribution in [0.1, 0.15) is 42.2 Å². The second kappa shape index (κ2) is 8.03. The number of para-hydroxylation sites is 1. The van der Waals surface area contributed by atoms with E-state index >= 15 is 0 Å². The molecule has 30 heavy (non-hydrogen) atoms. The molecule has 4 rings (SSSR count). The Morgan fingerprint density at radius 2 is 1.57 bits per heavy atom. The van der Waals surface area contributed by atoms with Crippen LogP contribution < -0.4 is 9.80 Å². The molecule has 0 fully saturated rings. The first-order valence-corrected chi connectivity index (χ1v) is 10.0. The van der Waals surface area contributed by atoms with Gasteiger partial charge in [-0.1, -0.05) is 36.4 Å². The van der Waals surface area contributed by atoms with Crippen molar-refractivity contribution in [3.63, 3.8) is 0 Å². The SMILES string of the molecule is CC(=O)N(c1ccc(O)cc1)C1CC(C)N(C(=O)c2ccccc2)c2ccccc21. The molecule has 3 aromatic carbocycles. The van der Waals surface area contributed by atoms with Crippen molar-refractivity contribution in [2.75, 3.05) is 9.80 Å². The molecule has 0 saturated heterocycles. The molecule has 1 N–H and O–H groups in total. The van der Waals surface area contributed by atoms with Crippen LogP contribution in [-0.2, 0) is 4.79 Å². The van der Waals surface area contributed by atoms with Crippen LogP contribution in [-0.4, -0.2) is 23.0 Å². The predicted molar refractivity (Wildman–Crippen MR) is 118 cm³/mol. The van der Waals surface area contributed by atoms with E-state index in [9.17, 15) is 14.7 Å². The third-order valence-corrected chi connectivity index (χ3v) is 5.58. The summed E-state index contributed by atoms with van der Waals surface area (Å²) in [6.07, 6.45) is 0.607. The van der Waals surface area contributed by atoms with Gasteiger partial charge in [-0.25, -0.2) is 0 Å². The lowest BCUT2D eigenvalue weighted by Crippen LogP contribution is -2.47. The number of rotatable bonds is 3. The number of hydrogen-bond acceptors (Lipinski definition) is 3. The molecule has 0 aromatic heterocycles. The Kier molecular flexibility index (Phi) is 5.27. The number of phenols is 1. The second-order valence-corrected chi connectivity index (χ2v) is 7.61. The quantitative estimate of drug-likeness (QED) is 0.678. The molecule has 0 saturated carbocycles. The lowest BCUT2D eigenvalue weighted by Gasteiger charge is -2.43. The summed E-state index contributed by atoms with van der Waals surface area (Å²) in [6.45, 7) is 3.56. The summed E-state index contributed by atoms with van der Waals surface area (Å²) in [6, 6.07) is 23.3. The van der Waals surface area contributed by atoms with Crippen LogP contribution in [0.2, 0.25) is 0 Å². The number of aromatic hydroxyl groups is 1. The molecule has 3 aromatic rings. The zero-order chi connectivity index (χ0) is 21.3. The first kappa shape index (κ1) is 19.7. The lowest BCUT2D eigenvalue weighted by atomic mass is 9.89. The third kappa shape index (κ3) is 3.54. The fourth-order valence-electron chi connectivity index (χ4n) is 4.25. The molecule has 1 aliphatic rings. The second-order valence-electron chi connectivity index (χ2n) is 7.61. The van der Waals surface area contributed by atoms with Gasteiger partial charge in [-0.3, -0.25) is 9.59 Å². The highest BCUT2D eigenvalue weighted by atomic mass is 16.3. The summed E-state index contributed by atoms with van der Waals surface area (Å²) in [5.41, 5.74) is 3.11. The number of hydrogen-bond donors (Lipinski definition) is 1. The van der Waals surface area contributed by atoms with Crippen molar-refractivity contribution in [1.29, 1.82) is 0 Å². The maximum atomic E-state index is 13.3. The summed E-state index contributed by atoms with van der Waals surface area (Å²) in [7, 11) is 0. The fraction of sp³-hybridized carbons (Fsp3) is 0.200. The minimum atomic E-state index is -0.210. The van der Waals surface area contributed by atoms with Gasteiger partial charge in [-0.15, -0.1) is 0 Å². The van der Waals surface area contributed by atoms with Crippen LogP contribution in [0.5, 0.6) is 5.75 Å². The van der Waals surface area contributed by atoms with Crippen LogP contribution in [0.25, 0.3) is 0 Å². The summed E-state index contributed by atoms with van der Waals surface area (Å²) < 4.78 is 0. The molecule has 0 radical (unpaired) electrons. The van der Waals surface area contributed by atoms with Gasteiger partial charge in [0, 0.05) is 29.9 Å². The Morgan fingerprint density at radius 3 is 2.23 bits per heavy atom. The van der Waals surface area contributed by atoms with Gasteiger partial charge in [0.2, 0.25) is 5.91 Å². The molecular formula is C25H24N2O3. The molecule has 2 unspecified atom stereocenters. The van der Waals surface area contributed by atoms with Gasteiger partial charge in [-0.05, 0) is 61.4 Å². The first-order chi connectivity index (χ1) is 14.5. The Morgan fingerprint density at radius 1 is 0.933 bits per heavy atom. The molecule has 1 aliphatic heterocycles. The normalized spacial score (nSPS) is 17.9. The van der Waals surface area contributed by atoms with Gasteiger partial charge in [0.05, 0.1) is 6.04 Å². The summed E-state index contributed by atoms with van der Waals surface area (Å²) in [4.78, 5) is 29.6. The Balaban J connectivity index is 1.78. The number of anilines is 2. The van der Waals surface area contributed by atoms with E-state index in [0.717, 1.165) is 16.9 Å². The highest BCUT2D eigenvalue weighted by Crippen LogP contribution is 2.42. The molecule has 1 heterocycles. The third-order valence-electron chi connectivity index (χ3n) is 5.58. The molecular weight excluding hydrogens is 376 g/mol. The van der Waals surface area contributed by atoms with E-state index in [1.54, 1.807) is 36.1 Å². The Bertz CT molecular complexity index is 1060. The number of carbonyl (C=O) groups is 2. The monoisotopic (exact) mass is 400 g/mol. The molecule has 152 valence electrons. The topological polar surface area (TPSA) is 60.9 Å². The van der Waals surface area contributed by atoms with Crippen molar-refractivity contribution in [3.8, 4) is 5.75 Å². The summed E-state index contributed by atoms with van der Waals surface area (Å²) in [5, 5.41) is 9.64. The smallest absolute Gasteiger partial charge is 0.258 e. The van der Waals surface area contributed by atoms with Crippen molar-refractivity contribution < 1.29 is 14.7 Å².